The number of allylic oxidation sites excluding steroid dienone is 1. The molecule has 1 aromatic carbocycles. The van der Waals surface area contributed by atoms with E-state index < -0.39 is 5.82 Å². The number of likely N-dealkylation sites (N-methyl/N-ethyl adjacent to an activating group) is 1. The Labute approximate surface area is 158 Å². The Balaban J connectivity index is 1.81. The number of aromatic hydroxyl groups is 1. The Kier molecular flexibility index (Phi) is 5.71. The van der Waals surface area contributed by atoms with E-state index >= 15 is 0 Å². The lowest BCUT2D eigenvalue weighted by atomic mass is 10.1. The maximum Gasteiger partial charge on any atom is 0.151 e. The van der Waals surface area contributed by atoms with Crippen molar-refractivity contribution < 1.29 is 9.50 Å². The molecule has 2 aromatic rings. The molecule has 0 amide bonds. The minimum Gasteiger partial charge on any atom is -0.507 e. The fourth-order valence-corrected chi connectivity index (χ4v) is 2.95. The van der Waals surface area contributed by atoms with Gasteiger partial charge in [0.2, 0.25) is 0 Å². The minimum atomic E-state index is -0.459. The lowest BCUT2D eigenvalue weighted by molar-refractivity contribution is 0.474. The number of aromatic nitrogens is 2. The molecule has 27 heavy (non-hydrogen) atoms. The van der Waals surface area contributed by atoms with Crippen LogP contribution < -0.4 is 16.0 Å². The topological polar surface area (TPSA) is 87.3 Å². The second kappa shape index (κ2) is 8.18. The number of benzene rings is 1. The van der Waals surface area contributed by atoms with Crippen LogP contribution in [0.15, 0.2) is 42.6 Å². The summed E-state index contributed by atoms with van der Waals surface area (Å²) in [5, 5.41) is 21.6. The molecule has 0 aliphatic carbocycles. The third kappa shape index (κ3) is 4.43. The second-order valence-electron chi connectivity index (χ2n) is 6.60. The fourth-order valence-electron chi connectivity index (χ4n) is 2.95. The maximum absolute atomic E-state index is 14.4. The Morgan fingerprint density at radius 2 is 2.07 bits per heavy atom. The summed E-state index contributed by atoms with van der Waals surface area (Å²) in [5.41, 5.74) is 7.55. The van der Waals surface area contributed by atoms with Crippen molar-refractivity contribution in [1.29, 1.82) is 0 Å². The summed E-state index contributed by atoms with van der Waals surface area (Å²) >= 11 is 0. The van der Waals surface area contributed by atoms with E-state index in [1.165, 1.54) is 12.1 Å². The van der Waals surface area contributed by atoms with E-state index in [9.17, 15) is 9.50 Å². The van der Waals surface area contributed by atoms with Crippen molar-refractivity contribution in [3.8, 4) is 17.0 Å². The summed E-state index contributed by atoms with van der Waals surface area (Å²) in [7, 11) is 1.73. The molecule has 1 aromatic heterocycles. The normalized spacial score (nSPS) is 15.3. The predicted octanol–water partition coefficient (Wildman–Crippen LogP) is 2.66. The Bertz CT molecular complexity index is 842. The maximum atomic E-state index is 14.4. The van der Waals surface area contributed by atoms with Crippen molar-refractivity contribution in [3.63, 3.8) is 0 Å². The highest BCUT2D eigenvalue weighted by molar-refractivity contribution is 5.70. The molecule has 1 aliphatic rings. The molecule has 142 valence electrons. The number of piperidine rings is 1. The van der Waals surface area contributed by atoms with Crippen molar-refractivity contribution in [3.05, 3.63) is 54.0 Å². The third-order valence-corrected chi connectivity index (χ3v) is 4.69. The minimum absolute atomic E-state index is 0.0582. The van der Waals surface area contributed by atoms with Gasteiger partial charge in [-0.05, 0) is 49.3 Å². The zero-order valence-electron chi connectivity index (χ0n) is 15.3. The van der Waals surface area contributed by atoms with Gasteiger partial charge < -0.3 is 21.1 Å². The van der Waals surface area contributed by atoms with E-state index in [1.807, 2.05) is 6.07 Å². The molecule has 0 saturated carbocycles. The number of phenolic OH excluding ortho intramolecular Hbond substituents is 1. The molecule has 1 fully saturated rings. The smallest absolute Gasteiger partial charge is 0.151 e. The van der Waals surface area contributed by atoms with Crippen LogP contribution in [0.25, 0.3) is 17.3 Å². The number of phenols is 1. The van der Waals surface area contributed by atoms with Gasteiger partial charge in [-0.15, -0.1) is 10.2 Å². The van der Waals surface area contributed by atoms with E-state index in [2.05, 4.69) is 27.0 Å². The zero-order valence-corrected chi connectivity index (χ0v) is 15.3. The molecule has 1 saturated heterocycles. The number of halogens is 1. The van der Waals surface area contributed by atoms with Gasteiger partial charge in [-0.25, -0.2) is 4.39 Å². The van der Waals surface area contributed by atoms with Gasteiger partial charge in [0.1, 0.15) is 11.6 Å². The number of nitrogens with two attached hydrogens (primary N) is 1. The van der Waals surface area contributed by atoms with Crippen LogP contribution in [0.5, 0.6) is 5.75 Å². The first kappa shape index (κ1) is 18.8. The average molecular weight is 369 g/mol. The van der Waals surface area contributed by atoms with Crippen LogP contribution in [0.1, 0.15) is 18.4 Å². The fraction of sp³-hybridized carbons (Fsp3) is 0.300. The van der Waals surface area contributed by atoms with Gasteiger partial charge in [0.05, 0.1) is 5.69 Å². The molecular formula is C20H24FN5O. The highest BCUT2D eigenvalue weighted by atomic mass is 19.1. The standard InChI is InChI=1S/C20H24FN5O/c1-13(23-2)3-4-14-11-19(27)16(12-17(14)21)18-5-6-20(25-24-18)26-9-7-15(22)8-10-26/h3-6,11-12,15,23,27H,1,7-10,22H2,2H3/b4-3+. The summed E-state index contributed by atoms with van der Waals surface area (Å²) in [4.78, 5) is 2.13. The number of hydrogen-bond donors (Lipinski definition) is 3. The van der Waals surface area contributed by atoms with Gasteiger partial charge in [-0.3, -0.25) is 0 Å². The van der Waals surface area contributed by atoms with Crippen molar-refractivity contribution >= 4 is 11.9 Å². The molecule has 6 nitrogen and oxygen atoms in total. The summed E-state index contributed by atoms with van der Waals surface area (Å²) in [6, 6.07) is 6.45. The van der Waals surface area contributed by atoms with Crippen molar-refractivity contribution in [1.82, 2.24) is 15.5 Å². The SMILES string of the molecule is C=C(/C=C/c1cc(O)c(-c2ccc(N3CCC(N)CC3)nn2)cc1F)NC. The number of hydrogen-bond acceptors (Lipinski definition) is 6. The Hall–Kier alpha value is -2.93. The molecule has 0 bridgehead atoms. The van der Waals surface area contributed by atoms with Gasteiger partial charge in [-0.2, -0.15) is 0 Å². The molecule has 0 unspecified atom stereocenters. The van der Waals surface area contributed by atoms with E-state index in [4.69, 9.17) is 5.73 Å². The van der Waals surface area contributed by atoms with E-state index in [-0.39, 0.29) is 17.4 Å². The summed E-state index contributed by atoms with van der Waals surface area (Å²) in [6.45, 7) is 5.43. The van der Waals surface area contributed by atoms with Crippen LogP contribution in [-0.2, 0) is 0 Å². The Morgan fingerprint density at radius 1 is 1.33 bits per heavy atom. The van der Waals surface area contributed by atoms with Gasteiger partial charge in [-0.1, -0.05) is 6.58 Å². The molecule has 7 heteroatoms. The highest BCUT2D eigenvalue weighted by Crippen LogP contribution is 2.31. The third-order valence-electron chi connectivity index (χ3n) is 4.69. The van der Waals surface area contributed by atoms with Crippen LogP contribution in [0, 0.1) is 5.82 Å². The quantitative estimate of drug-likeness (QED) is 0.703. The van der Waals surface area contributed by atoms with Crippen LogP contribution in [0.3, 0.4) is 0 Å². The van der Waals surface area contributed by atoms with Crippen LogP contribution in [0.4, 0.5) is 10.2 Å². The second-order valence-corrected chi connectivity index (χ2v) is 6.60. The molecule has 1 aliphatic heterocycles. The molecule has 4 N–H and O–H groups in total. The van der Waals surface area contributed by atoms with E-state index in [0.29, 0.717) is 17.0 Å². The lowest BCUT2D eigenvalue weighted by Crippen LogP contribution is -2.40. The predicted molar refractivity (Wildman–Crippen MR) is 106 cm³/mol. The first-order valence-corrected chi connectivity index (χ1v) is 8.90. The molecular weight excluding hydrogens is 345 g/mol. The van der Waals surface area contributed by atoms with Crippen molar-refractivity contribution in [2.75, 3.05) is 25.0 Å². The number of rotatable bonds is 5. The van der Waals surface area contributed by atoms with Crippen LogP contribution >= 0.6 is 0 Å². The van der Waals surface area contributed by atoms with Gasteiger partial charge in [0.25, 0.3) is 0 Å². The molecule has 3 rings (SSSR count). The molecule has 0 radical (unpaired) electrons. The highest BCUT2D eigenvalue weighted by Gasteiger charge is 2.18. The summed E-state index contributed by atoms with van der Waals surface area (Å²) in [5.74, 6) is 0.242. The van der Waals surface area contributed by atoms with Crippen LogP contribution in [-0.4, -0.2) is 41.5 Å². The van der Waals surface area contributed by atoms with E-state index in [0.717, 1.165) is 31.7 Å². The molecule has 0 atom stereocenters. The van der Waals surface area contributed by atoms with E-state index in [1.54, 1.807) is 25.3 Å². The number of nitrogens with one attached hydrogen (secondary N) is 1. The summed E-state index contributed by atoms with van der Waals surface area (Å²) in [6.07, 6.45) is 5.03. The van der Waals surface area contributed by atoms with Crippen molar-refractivity contribution in [2.45, 2.75) is 18.9 Å². The number of anilines is 1. The van der Waals surface area contributed by atoms with Gasteiger partial charge in [0, 0.05) is 43.0 Å². The molecule has 0 spiro atoms. The van der Waals surface area contributed by atoms with Gasteiger partial charge in [0.15, 0.2) is 5.82 Å². The number of nitrogens with zero attached hydrogens (tertiary/aromatic N) is 3. The zero-order chi connectivity index (χ0) is 19.4. The largest absolute Gasteiger partial charge is 0.507 e. The average Bonchev–Trinajstić information content (AvgIpc) is 2.69. The first-order chi connectivity index (χ1) is 13.0. The summed E-state index contributed by atoms with van der Waals surface area (Å²) < 4.78 is 14.4. The Morgan fingerprint density at radius 3 is 2.70 bits per heavy atom. The lowest BCUT2D eigenvalue weighted by Gasteiger charge is -2.30. The van der Waals surface area contributed by atoms with Gasteiger partial charge >= 0.3 is 0 Å². The van der Waals surface area contributed by atoms with Crippen molar-refractivity contribution in [2.24, 2.45) is 5.73 Å². The first-order valence-electron chi connectivity index (χ1n) is 8.90. The monoisotopic (exact) mass is 369 g/mol. The molecule has 2 heterocycles. The van der Waals surface area contributed by atoms with Crippen LogP contribution in [0.2, 0.25) is 0 Å².